The molecule has 1 atom stereocenters. The van der Waals surface area contributed by atoms with Crippen molar-refractivity contribution in [2.45, 2.75) is 12.5 Å². The van der Waals surface area contributed by atoms with E-state index in [1.807, 2.05) is 24.3 Å². The predicted octanol–water partition coefficient (Wildman–Crippen LogP) is 1.62. The van der Waals surface area contributed by atoms with Gasteiger partial charge in [0.25, 0.3) is 0 Å². The zero-order valence-corrected chi connectivity index (χ0v) is 6.20. The summed E-state index contributed by atoms with van der Waals surface area (Å²) in [5.74, 6) is 0. The van der Waals surface area contributed by atoms with Crippen molar-refractivity contribution in [1.29, 1.82) is 0 Å². The second-order valence-corrected chi connectivity index (χ2v) is 2.83. The van der Waals surface area contributed by atoms with E-state index in [4.69, 9.17) is 0 Å². The van der Waals surface area contributed by atoms with Crippen LogP contribution in [-0.2, 0) is 6.42 Å². The molecule has 0 aromatic heterocycles. The third-order valence-corrected chi connectivity index (χ3v) is 1.98. The lowest BCUT2D eigenvalue weighted by Gasteiger charge is -2.13. The number of rotatable bonds is 0. The fraction of sp³-hybridized carbons (Fsp3) is 0.200. The molecule has 11 heavy (non-hydrogen) atoms. The van der Waals surface area contributed by atoms with E-state index < -0.39 is 0 Å². The molecule has 0 radical (unpaired) electrons. The summed E-state index contributed by atoms with van der Waals surface area (Å²) in [5, 5.41) is 9.27. The minimum atomic E-state index is -0.287. The summed E-state index contributed by atoms with van der Waals surface area (Å²) in [5.41, 5.74) is 2.47. The van der Waals surface area contributed by atoms with E-state index in [1.54, 1.807) is 0 Å². The van der Waals surface area contributed by atoms with Crippen LogP contribution in [0.4, 0.5) is 0 Å². The van der Waals surface area contributed by atoms with Gasteiger partial charge in [-0.2, -0.15) is 0 Å². The number of benzene rings is 1. The fourth-order valence-corrected chi connectivity index (χ4v) is 1.39. The van der Waals surface area contributed by atoms with Gasteiger partial charge < -0.3 is 5.11 Å². The smallest absolute Gasteiger partial charge is 0.0764 e. The number of hydrogen-bond acceptors (Lipinski definition) is 1. The van der Waals surface area contributed by atoms with Crippen LogP contribution in [0.25, 0.3) is 6.08 Å². The molecule has 1 N–H and O–H groups in total. The van der Waals surface area contributed by atoms with Crippen LogP contribution in [0.3, 0.4) is 0 Å². The van der Waals surface area contributed by atoms with E-state index >= 15 is 0 Å². The van der Waals surface area contributed by atoms with Crippen molar-refractivity contribution in [3.05, 3.63) is 41.5 Å². The highest BCUT2D eigenvalue weighted by molar-refractivity contribution is 5.56. The van der Waals surface area contributed by atoms with E-state index in [-0.39, 0.29) is 6.10 Å². The lowest BCUT2D eigenvalue weighted by molar-refractivity contribution is 0.223. The molecule has 1 aliphatic carbocycles. The van der Waals surface area contributed by atoms with Crippen molar-refractivity contribution in [2.24, 2.45) is 0 Å². The van der Waals surface area contributed by atoms with Gasteiger partial charge in [-0.05, 0) is 11.1 Å². The van der Waals surface area contributed by atoms with Gasteiger partial charge in [-0.25, -0.2) is 0 Å². The number of aliphatic hydroxyl groups is 1. The average molecular weight is 146 g/mol. The maximum absolute atomic E-state index is 9.27. The van der Waals surface area contributed by atoms with Gasteiger partial charge in [-0.3, -0.25) is 0 Å². The van der Waals surface area contributed by atoms with E-state index in [1.165, 1.54) is 11.1 Å². The minimum Gasteiger partial charge on any atom is -0.389 e. The topological polar surface area (TPSA) is 20.2 Å². The Labute approximate surface area is 66.0 Å². The number of hydrogen-bond donors (Lipinski definition) is 1. The molecular formula is C10H10O. The van der Waals surface area contributed by atoms with Gasteiger partial charge in [0, 0.05) is 6.42 Å². The van der Waals surface area contributed by atoms with Crippen molar-refractivity contribution >= 4 is 6.08 Å². The first kappa shape index (κ1) is 6.62. The van der Waals surface area contributed by atoms with Crippen LogP contribution in [0.15, 0.2) is 30.3 Å². The molecule has 56 valence electrons. The minimum absolute atomic E-state index is 0.287. The van der Waals surface area contributed by atoms with Crippen molar-refractivity contribution in [2.75, 3.05) is 0 Å². The van der Waals surface area contributed by atoms with Gasteiger partial charge in [-0.1, -0.05) is 36.4 Å². The summed E-state index contributed by atoms with van der Waals surface area (Å²) >= 11 is 0. The molecule has 1 heteroatoms. The summed E-state index contributed by atoms with van der Waals surface area (Å²) in [4.78, 5) is 0. The Balaban J connectivity index is 2.46. The Bertz CT molecular complexity index is 289. The van der Waals surface area contributed by atoms with Gasteiger partial charge in [0.1, 0.15) is 0 Å². The van der Waals surface area contributed by atoms with Crippen molar-refractivity contribution in [3.8, 4) is 0 Å². The molecular weight excluding hydrogens is 136 g/mol. The maximum atomic E-state index is 9.27. The Morgan fingerprint density at radius 3 is 3.00 bits per heavy atom. The van der Waals surface area contributed by atoms with E-state index in [0.717, 1.165) is 6.42 Å². The molecule has 0 fully saturated rings. The summed E-state index contributed by atoms with van der Waals surface area (Å²) < 4.78 is 0. The molecule has 0 heterocycles. The molecule has 0 spiro atoms. The lowest BCUT2D eigenvalue weighted by atomic mass is 9.96. The predicted molar refractivity (Wildman–Crippen MR) is 45.2 cm³/mol. The van der Waals surface area contributed by atoms with Gasteiger partial charge >= 0.3 is 0 Å². The van der Waals surface area contributed by atoms with Gasteiger partial charge in [0.15, 0.2) is 0 Å². The van der Waals surface area contributed by atoms with Crippen LogP contribution < -0.4 is 0 Å². The fourth-order valence-electron chi connectivity index (χ4n) is 1.39. The van der Waals surface area contributed by atoms with Gasteiger partial charge in [0.05, 0.1) is 6.10 Å². The molecule has 1 aromatic carbocycles. The second-order valence-electron chi connectivity index (χ2n) is 2.83. The first-order chi connectivity index (χ1) is 5.36. The zero-order chi connectivity index (χ0) is 7.68. The van der Waals surface area contributed by atoms with Gasteiger partial charge in [-0.15, -0.1) is 0 Å². The first-order valence-corrected chi connectivity index (χ1v) is 3.80. The van der Waals surface area contributed by atoms with Crippen LogP contribution in [0.2, 0.25) is 0 Å². The summed E-state index contributed by atoms with van der Waals surface area (Å²) in [6.07, 6.45) is 4.28. The standard InChI is InChI=1S/C10H10O/c11-10-6-5-8-3-1-2-4-9(8)7-10/h1-6,10-11H,7H2. The Morgan fingerprint density at radius 1 is 1.27 bits per heavy atom. The van der Waals surface area contributed by atoms with Gasteiger partial charge in [0.2, 0.25) is 0 Å². The molecule has 1 unspecified atom stereocenters. The van der Waals surface area contributed by atoms with Crippen LogP contribution in [0.1, 0.15) is 11.1 Å². The molecule has 0 saturated heterocycles. The molecule has 0 bridgehead atoms. The summed E-state index contributed by atoms with van der Waals surface area (Å²) in [6, 6.07) is 8.14. The molecule has 1 aromatic rings. The molecule has 1 aliphatic rings. The molecule has 0 amide bonds. The van der Waals surface area contributed by atoms with E-state index in [0.29, 0.717) is 0 Å². The third-order valence-electron chi connectivity index (χ3n) is 1.98. The largest absolute Gasteiger partial charge is 0.389 e. The highest BCUT2D eigenvalue weighted by Crippen LogP contribution is 2.18. The second kappa shape index (κ2) is 2.51. The normalized spacial score (nSPS) is 21.4. The number of fused-ring (bicyclic) bond motifs is 1. The highest BCUT2D eigenvalue weighted by atomic mass is 16.3. The number of aliphatic hydroxyl groups excluding tert-OH is 1. The van der Waals surface area contributed by atoms with Crippen molar-refractivity contribution < 1.29 is 5.11 Å². The molecule has 0 aliphatic heterocycles. The quantitative estimate of drug-likeness (QED) is 0.589. The Kier molecular flexibility index (Phi) is 1.51. The zero-order valence-electron chi connectivity index (χ0n) is 6.20. The monoisotopic (exact) mass is 146 g/mol. The Morgan fingerprint density at radius 2 is 2.09 bits per heavy atom. The summed E-state index contributed by atoms with van der Waals surface area (Å²) in [6.45, 7) is 0. The van der Waals surface area contributed by atoms with Crippen LogP contribution in [-0.4, -0.2) is 11.2 Å². The van der Waals surface area contributed by atoms with Crippen molar-refractivity contribution in [3.63, 3.8) is 0 Å². The average Bonchev–Trinajstić information content (AvgIpc) is 2.04. The molecule has 0 saturated carbocycles. The molecule has 1 nitrogen and oxygen atoms in total. The summed E-state index contributed by atoms with van der Waals surface area (Å²) in [7, 11) is 0. The maximum Gasteiger partial charge on any atom is 0.0764 e. The van der Waals surface area contributed by atoms with Crippen molar-refractivity contribution in [1.82, 2.24) is 0 Å². The van der Waals surface area contributed by atoms with Crippen LogP contribution in [0.5, 0.6) is 0 Å². The SMILES string of the molecule is OC1C=Cc2ccccc2C1. The first-order valence-electron chi connectivity index (χ1n) is 3.80. The Hall–Kier alpha value is -1.08. The van der Waals surface area contributed by atoms with Crippen LogP contribution >= 0.6 is 0 Å². The third kappa shape index (κ3) is 1.19. The molecule has 2 rings (SSSR count). The lowest BCUT2D eigenvalue weighted by Crippen LogP contribution is -2.10. The van der Waals surface area contributed by atoms with E-state index in [2.05, 4.69) is 12.1 Å². The highest BCUT2D eigenvalue weighted by Gasteiger charge is 2.08. The van der Waals surface area contributed by atoms with Crippen LogP contribution in [0, 0.1) is 0 Å². The van der Waals surface area contributed by atoms with E-state index in [9.17, 15) is 5.11 Å².